The lowest BCUT2D eigenvalue weighted by Crippen LogP contribution is -2.48. The van der Waals surface area contributed by atoms with E-state index in [1.165, 1.54) is 17.0 Å². The van der Waals surface area contributed by atoms with Crippen LogP contribution in [0.25, 0.3) is 16.2 Å². The minimum atomic E-state index is -0.0318. The van der Waals surface area contributed by atoms with Crippen LogP contribution in [0.2, 0.25) is 0 Å². The Balaban J connectivity index is 1.21. The van der Waals surface area contributed by atoms with Crippen molar-refractivity contribution in [1.82, 2.24) is 24.3 Å². The molecule has 0 spiro atoms. The number of hydrogen-bond acceptors (Lipinski definition) is 7. The molecule has 0 radical (unpaired) electrons. The molecule has 1 aromatic carbocycles. The molecule has 6 rings (SSSR count). The summed E-state index contributed by atoms with van der Waals surface area (Å²) in [6.07, 6.45) is 5.53. The summed E-state index contributed by atoms with van der Waals surface area (Å²) < 4.78 is 1.98. The molecule has 180 valence electrons. The van der Waals surface area contributed by atoms with Crippen molar-refractivity contribution < 1.29 is 4.79 Å². The number of amides is 1. The molecule has 5 aromatic rings. The van der Waals surface area contributed by atoms with Gasteiger partial charge in [-0.2, -0.15) is 0 Å². The van der Waals surface area contributed by atoms with Crippen LogP contribution < -0.4 is 10.2 Å². The highest BCUT2D eigenvalue weighted by atomic mass is 32.1. The number of nitrogens with one attached hydrogen (secondary N) is 1. The molecule has 36 heavy (non-hydrogen) atoms. The van der Waals surface area contributed by atoms with Gasteiger partial charge in [0.25, 0.3) is 5.91 Å². The first-order chi connectivity index (χ1) is 17.8. The van der Waals surface area contributed by atoms with Crippen molar-refractivity contribution >= 4 is 33.6 Å². The second kappa shape index (κ2) is 9.79. The number of anilines is 2. The van der Waals surface area contributed by atoms with Crippen LogP contribution in [0.5, 0.6) is 0 Å². The lowest BCUT2D eigenvalue weighted by atomic mass is 10.2. The fourth-order valence-corrected chi connectivity index (χ4v) is 5.25. The maximum Gasteiger partial charge on any atom is 0.274 e. The average Bonchev–Trinajstić information content (AvgIpc) is 3.58. The van der Waals surface area contributed by atoms with Crippen molar-refractivity contribution in [3.8, 4) is 10.7 Å². The van der Waals surface area contributed by atoms with E-state index in [1.54, 1.807) is 12.4 Å². The first-order valence-electron chi connectivity index (χ1n) is 11.9. The van der Waals surface area contributed by atoms with Crippen LogP contribution in [0, 0.1) is 0 Å². The van der Waals surface area contributed by atoms with Crippen molar-refractivity contribution in [2.24, 2.45) is 0 Å². The van der Waals surface area contributed by atoms with Gasteiger partial charge in [0, 0.05) is 44.3 Å². The Morgan fingerprint density at radius 1 is 0.917 bits per heavy atom. The molecule has 9 heteroatoms. The average molecular weight is 496 g/mol. The highest BCUT2D eigenvalue weighted by Crippen LogP contribution is 2.31. The number of fused-ring (bicyclic) bond motifs is 1. The van der Waals surface area contributed by atoms with E-state index >= 15 is 0 Å². The number of thiazole rings is 1. The topological polar surface area (TPSA) is 78.7 Å². The Kier molecular flexibility index (Phi) is 6.05. The van der Waals surface area contributed by atoms with E-state index in [0.717, 1.165) is 40.1 Å². The van der Waals surface area contributed by atoms with Gasteiger partial charge in [-0.3, -0.25) is 14.2 Å². The van der Waals surface area contributed by atoms with Gasteiger partial charge >= 0.3 is 0 Å². The third kappa shape index (κ3) is 4.40. The zero-order chi connectivity index (χ0) is 24.3. The number of carbonyl (C=O) groups excluding carboxylic acids is 1. The Labute approximate surface area is 212 Å². The van der Waals surface area contributed by atoms with E-state index < -0.39 is 0 Å². The molecule has 1 saturated heterocycles. The fraction of sp³-hybridized carbons (Fsp3) is 0.185. The van der Waals surface area contributed by atoms with Crippen LogP contribution in [0.3, 0.4) is 0 Å². The number of piperazine rings is 1. The smallest absolute Gasteiger partial charge is 0.274 e. The zero-order valence-electron chi connectivity index (χ0n) is 19.6. The molecule has 8 nitrogen and oxygen atoms in total. The minimum absolute atomic E-state index is 0.0318. The summed E-state index contributed by atoms with van der Waals surface area (Å²) in [5.41, 5.74) is 3.42. The van der Waals surface area contributed by atoms with Crippen LogP contribution >= 0.6 is 11.3 Å². The quantitative estimate of drug-likeness (QED) is 0.376. The van der Waals surface area contributed by atoms with Gasteiger partial charge in [-0.25, -0.2) is 9.97 Å². The van der Waals surface area contributed by atoms with Crippen molar-refractivity contribution in [3.05, 3.63) is 96.7 Å². The van der Waals surface area contributed by atoms with Crippen LogP contribution in [0.4, 0.5) is 10.8 Å². The van der Waals surface area contributed by atoms with Crippen molar-refractivity contribution in [3.63, 3.8) is 0 Å². The predicted octanol–water partition coefficient (Wildman–Crippen LogP) is 4.43. The molecule has 0 atom stereocenters. The molecule has 0 bridgehead atoms. The summed E-state index contributed by atoms with van der Waals surface area (Å²) in [6.45, 7) is 3.52. The van der Waals surface area contributed by atoms with E-state index in [4.69, 9.17) is 4.98 Å². The molecule has 1 fully saturated rings. The largest absolute Gasteiger partial charge is 0.368 e. The van der Waals surface area contributed by atoms with Crippen LogP contribution in [-0.2, 0) is 6.54 Å². The summed E-state index contributed by atoms with van der Waals surface area (Å²) in [5, 5.41) is 4.11. The number of carbonyl (C=O) groups is 1. The van der Waals surface area contributed by atoms with E-state index in [-0.39, 0.29) is 5.91 Å². The van der Waals surface area contributed by atoms with Crippen molar-refractivity contribution in [2.45, 2.75) is 6.54 Å². The molecule has 0 unspecified atom stereocenters. The summed E-state index contributed by atoms with van der Waals surface area (Å²) >= 11 is 1.51. The van der Waals surface area contributed by atoms with E-state index in [9.17, 15) is 4.79 Å². The molecule has 1 amide bonds. The van der Waals surface area contributed by atoms with Gasteiger partial charge in [0.15, 0.2) is 16.6 Å². The third-order valence-corrected chi connectivity index (χ3v) is 7.26. The standard InChI is InChI=1S/C27H25N7OS/c35-26(33-16-14-32(15-17-33)21-9-2-1-3-10-21)24-22-11-5-7-13-34(22)25(31-24)23-19-30-27(36-23)29-18-20-8-4-6-12-28-20/h1-13,19H,14-18H2,(H,29,30). The SMILES string of the molecule is O=C(c1nc(-c2cnc(NCc3ccccn3)s2)n2ccccc12)N1CCN(c2ccccc2)CC1. The van der Waals surface area contributed by atoms with Crippen LogP contribution in [0.1, 0.15) is 16.2 Å². The van der Waals surface area contributed by atoms with E-state index in [1.807, 2.05) is 70.1 Å². The Hall–Kier alpha value is -4.24. The summed E-state index contributed by atoms with van der Waals surface area (Å²) in [7, 11) is 0. The number of aromatic nitrogens is 4. The second-order valence-corrected chi connectivity index (χ2v) is 9.59. The van der Waals surface area contributed by atoms with Crippen molar-refractivity contribution in [1.29, 1.82) is 0 Å². The monoisotopic (exact) mass is 495 g/mol. The number of para-hydroxylation sites is 1. The second-order valence-electron chi connectivity index (χ2n) is 8.56. The van der Waals surface area contributed by atoms with Gasteiger partial charge in [-0.05, 0) is 36.4 Å². The molecular formula is C27H25N7OS. The van der Waals surface area contributed by atoms with Gasteiger partial charge in [0.05, 0.1) is 28.8 Å². The number of rotatable bonds is 6. The van der Waals surface area contributed by atoms with Crippen LogP contribution in [0.15, 0.2) is 85.3 Å². The molecule has 0 saturated carbocycles. The molecule has 1 aliphatic rings. The number of nitrogens with zero attached hydrogens (tertiary/aromatic N) is 6. The maximum absolute atomic E-state index is 13.6. The first-order valence-corrected chi connectivity index (χ1v) is 12.7. The maximum atomic E-state index is 13.6. The lowest BCUT2D eigenvalue weighted by Gasteiger charge is -2.35. The highest BCUT2D eigenvalue weighted by molar-refractivity contribution is 7.18. The van der Waals surface area contributed by atoms with Gasteiger partial charge in [-0.15, -0.1) is 0 Å². The molecule has 1 aliphatic heterocycles. The molecule has 0 aliphatic carbocycles. The van der Waals surface area contributed by atoms with Crippen molar-refractivity contribution in [2.75, 3.05) is 36.4 Å². The minimum Gasteiger partial charge on any atom is -0.368 e. The fourth-order valence-electron chi connectivity index (χ4n) is 4.45. The predicted molar refractivity (Wildman–Crippen MR) is 142 cm³/mol. The number of imidazole rings is 1. The van der Waals surface area contributed by atoms with Gasteiger partial charge < -0.3 is 15.1 Å². The summed E-state index contributed by atoms with van der Waals surface area (Å²) in [6, 6.07) is 22.0. The Morgan fingerprint density at radius 2 is 1.72 bits per heavy atom. The third-order valence-electron chi connectivity index (χ3n) is 6.31. The highest BCUT2D eigenvalue weighted by Gasteiger charge is 2.27. The summed E-state index contributed by atoms with van der Waals surface area (Å²) in [5.74, 6) is 0.691. The number of benzene rings is 1. The number of pyridine rings is 2. The first kappa shape index (κ1) is 22.2. The van der Waals surface area contributed by atoms with E-state index in [2.05, 4.69) is 32.3 Å². The van der Waals surface area contributed by atoms with Crippen LogP contribution in [-0.4, -0.2) is 56.3 Å². The summed E-state index contributed by atoms with van der Waals surface area (Å²) in [4.78, 5) is 32.4. The number of hydrogen-bond donors (Lipinski definition) is 1. The molecule has 1 N–H and O–H groups in total. The molecular weight excluding hydrogens is 470 g/mol. The lowest BCUT2D eigenvalue weighted by molar-refractivity contribution is 0.0743. The van der Waals surface area contributed by atoms with Gasteiger partial charge in [0.1, 0.15) is 0 Å². The Bertz CT molecular complexity index is 1470. The molecule has 5 heterocycles. The van der Waals surface area contributed by atoms with Gasteiger partial charge in [0.2, 0.25) is 0 Å². The zero-order valence-corrected chi connectivity index (χ0v) is 20.4. The molecule has 4 aromatic heterocycles. The van der Waals surface area contributed by atoms with Gasteiger partial charge in [-0.1, -0.05) is 41.7 Å². The Morgan fingerprint density at radius 3 is 2.53 bits per heavy atom. The normalized spacial score (nSPS) is 13.8. The van der Waals surface area contributed by atoms with E-state index in [0.29, 0.717) is 25.3 Å².